The number of carbonyl (C=O) groups excluding carboxylic acids is 1. The summed E-state index contributed by atoms with van der Waals surface area (Å²) in [5.74, 6) is 0.419. The molecule has 0 heterocycles. The number of amides is 1. The molecule has 3 rings (SSSR count). The lowest BCUT2D eigenvalue weighted by Gasteiger charge is -2.19. The van der Waals surface area contributed by atoms with Crippen molar-refractivity contribution in [3.8, 4) is 5.75 Å². The molecule has 1 aliphatic carbocycles. The van der Waals surface area contributed by atoms with Crippen LogP contribution in [0.5, 0.6) is 5.75 Å². The van der Waals surface area contributed by atoms with Gasteiger partial charge >= 0.3 is 0 Å². The Hall–Kier alpha value is -2.09. The van der Waals surface area contributed by atoms with Gasteiger partial charge in [0.1, 0.15) is 5.75 Å². The molecule has 27 heavy (non-hydrogen) atoms. The number of hydrogen-bond acceptors (Lipinski definition) is 4. The highest BCUT2D eigenvalue weighted by molar-refractivity contribution is 7.89. The van der Waals surface area contributed by atoms with E-state index in [4.69, 9.17) is 16.3 Å². The summed E-state index contributed by atoms with van der Waals surface area (Å²) in [6.45, 7) is 0.311. The normalized spacial score (nSPS) is 14.0. The van der Waals surface area contributed by atoms with Gasteiger partial charge in [-0.05, 0) is 55.3 Å². The third-order valence-electron chi connectivity index (χ3n) is 4.31. The van der Waals surface area contributed by atoms with Gasteiger partial charge < -0.3 is 9.64 Å². The quantitative estimate of drug-likeness (QED) is 0.763. The first-order chi connectivity index (χ1) is 12.8. The predicted octanol–water partition coefficient (Wildman–Crippen LogP) is 3.06. The van der Waals surface area contributed by atoms with E-state index in [-0.39, 0.29) is 16.8 Å². The number of sulfonamides is 1. The zero-order valence-electron chi connectivity index (χ0n) is 15.1. The van der Waals surface area contributed by atoms with Crippen LogP contribution >= 0.6 is 11.6 Å². The lowest BCUT2D eigenvalue weighted by atomic mass is 10.1. The summed E-state index contributed by atoms with van der Waals surface area (Å²) in [7, 11) is -0.301. The van der Waals surface area contributed by atoms with E-state index in [9.17, 15) is 13.2 Å². The fraction of sp³-hybridized carbons (Fsp3) is 0.316. The van der Waals surface area contributed by atoms with Gasteiger partial charge in [0.25, 0.3) is 5.91 Å². The molecule has 0 unspecified atom stereocenters. The van der Waals surface area contributed by atoms with Gasteiger partial charge in [-0.3, -0.25) is 4.79 Å². The van der Waals surface area contributed by atoms with Gasteiger partial charge in [0.2, 0.25) is 10.0 Å². The number of hydrogen-bond donors (Lipinski definition) is 1. The van der Waals surface area contributed by atoms with Crippen molar-refractivity contribution in [3.05, 3.63) is 58.6 Å². The van der Waals surface area contributed by atoms with E-state index in [1.807, 2.05) is 0 Å². The summed E-state index contributed by atoms with van der Waals surface area (Å²) in [5.41, 5.74) is 1.19. The Morgan fingerprint density at radius 2 is 1.89 bits per heavy atom. The number of rotatable bonds is 7. The largest absolute Gasteiger partial charge is 0.496 e. The Labute approximate surface area is 164 Å². The summed E-state index contributed by atoms with van der Waals surface area (Å²) in [6, 6.07) is 11.2. The van der Waals surface area contributed by atoms with Crippen LogP contribution in [0.1, 0.15) is 28.8 Å². The van der Waals surface area contributed by atoms with Crippen molar-refractivity contribution in [1.82, 2.24) is 9.62 Å². The van der Waals surface area contributed by atoms with E-state index in [0.29, 0.717) is 22.9 Å². The fourth-order valence-electron chi connectivity index (χ4n) is 2.68. The number of benzene rings is 2. The summed E-state index contributed by atoms with van der Waals surface area (Å²) < 4.78 is 32.3. The standard InChI is InChI=1S/C19H21ClN2O4S/c1-22(12-14-11-15(20)5-10-18(14)26-2)19(23)13-3-8-17(9-4-13)27(24,25)21-16-6-7-16/h3-5,8-11,16,21H,6-7,12H2,1-2H3. The maximum Gasteiger partial charge on any atom is 0.253 e. The summed E-state index contributed by atoms with van der Waals surface area (Å²) >= 11 is 6.03. The molecular formula is C19H21ClN2O4S. The minimum absolute atomic E-state index is 0.0371. The predicted molar refractivity (Wildman–Crippen MR) is 104 cm³/mol. The molecule has 1 saturated carbocycles. The monoisotopic (exact) mass is 408 g/mol. The summed E-state index contributed by atoms with van der Waals surface area (Å²) in [4.78, 5) is 14.4. The first-order valence-corrected chi connectivity index (χ1v) is 10.4. The first-order valence-electron chi connectivity index (χ1n) is 8.50. The Morgan fingerprint density at radius 3 is 2.48 bits per heavy atom. The molecule has 1 N–H and O–H groups in total. The number of halogens is 1. The van der Waals surface area contributed by atoms with Crippen LogP contribution in [0.3, 0.4) is 0 Å². The Balaban J connectivity index is 1.72. The molecule has 0 radical (unpaired) electrons. The Bertz CT molecular complexity index is 941. The lowest BCUT2D eigenvalue weighted by molar-refractivity contribution is 0.0784. The number of carbonyl (C=O) groups is 1. The Morgan fingerprint density at radius 1 is 1.22 bits per heavy atom. The van der Waals surface area contributed by atoms with Crippen LogP contribution in [0.25, 0.3) is 0 Å². The highest BCUT2D eigenvalue weighted by atomic mass is 35.5. The summed E-state index contributed by atoms with van der Waals surface area (Å²) in [6.07, 6.45) is 1.74. The molecule has 2 aromatic rings. The van der Waals surface area contributed by atoms with Gasteiger partial charge in [-0.25, -0.2) is 13.1 Å². The Kier molecular flexibility index (Phi) is 5.74. The highest BCUT2D eigenvalue weighted by Crippen LogP contribution is 2.25. The second kappa shape index (κ2) is 7.88. The average molecular weight is 409 g/mol. The molecule has 1 fully saturated rings. The van der Waals surface area contributed by atoms with Crippen LogP contribution in [0.4, 0.5) is 0 Å². The lowest BCUT2D eigenvalue weighted by Crippen LogP contribution is -2.27. The van der Waals surface area contributed by atoms with Crippen LogP contribution in [0.2, 0.25) is 5.02 Å². The molecule has 8 heteroatoms. The van der Waals surface area contributed by atoms with Crippen LogP contribution in [-0.2, 0) is 16.6 Å². The molecule has 0 spiro atoms. The van der Waals surface area contributed by atoms with Crippen molar-refractivity contribution < 1.29 is 17.9 Å². The van der Waals surface area contributed by atoms with Crippen LogP contribution in [-0.4, -0.2) is 39.4 Å². The van der Waals surface area contributed by atoms with Crippen LogP contribution in [0, 0.1) is 0 Å². The van der Waals surface area contributed by atoms with Crippen molar-refractivity contribution in [2.75, 3.05) is 14.2 Å². The second-order valence-electron chi connectivity index (χ2n) is 6.54. The van der Waals surface area contributed by atoms with E-state index in [1.54, 1.807) is 32.4 Å². The molecule has 6 nitrogen and oxygen atoms in total. The third-order valence-corrected chi connectivity index (χ3v) is 6.08. The number of nitrogens with zero attached hydrogens (tertiary/aromatic N) is 1. The van der Waals surface area contributed by atoms with E-state index in [0.717, 1.165) is 18.4 Å². The van der Waals surface area contributed by atoms with Crippen molar-refractivity contribution in [2.45, 2.75) is 30.3 Å². The van der Waals surface area contributed by atoms with Gasteiger partial charge in [0.05, 0.1) is 12.0 Å². The van der Waals surface area contributed by atoms with Crippen LogP contribution < -0.4 is 9.46 Å². The highest BCUT2D eigenvalue weighted by Gasteiger charge is 2.28. The van der Waals surface area contributed by atoms with Crippen molar-refractivity contribution >= 4 is 27.5 Å². The molecule has 1 amide bonds. The summed E-state index contributed by atoms with van der Waals surface area (Å²) in [5, 5.41) is 0.560. The number of methoxy groups -OCH3 is 1. The van der Waals surface area contributed by atoms with E-state index in [1.165, 1.54) is 29.2 Å². The van der Waals surface area contributed by atoms with Crippen LogP contribution in [0.15, 0.2) is 47.4 Å². The molecule has 0 saturated heterocycles. The van der Waals surface area contributed by atoms with E-state index >= 15 is 0 Å². The smallest absolute Gasteiger partial charge is 0.253 e. The van der Waals surface area contributed by atoms with E-state index < -0.39 is 10.0 Å². The van der Waals surface area contributed by atoms with Gasteiger partial charge in [-0.15, -0.1) is 0 Å². The maximum absolute atomic E-state index is 12.7. The number of nitrogens with one attached hydrogen (secondary N) is 1. The van der Waals surface area contributed by atoms with Crippen molar-refractivity contribution in [2.24, 2.45) is 0 Å². The average Bonchev–Trinajstić information content (AvgIpc) is 3.44. The molecule has 1 aliphatic rings. The topological polar surface area (TPSA) is 75.7 Å². The second-order valence-corrected chi connectivity index (χ2v) is 8.69. The van der Waals surface area contributed by atoms with Crippen molar-refractivity contribution in [1.29, 1.82) is 0 Å². The SMILES string of the molecule is COc1ccc(Cl)cc1CN(C)C(=O)c1ccc(S(=O)(=O)NC2CC2)cc1. The van der Waals surface area contributed by atoms with Gasteiger partial charge in [-0.2, -0.15) is 0 Å². The zero-order valence-corrected chi connectivity index (χ0v) is 16.7. The fourth-order valence-corrected chi connectivity index (χ4v) is 4.18. The molecule has 2 aromatic carbocycles. The molecule has 0 bridgehead atoms. The molecule has 0 atom stereocenters. The molecule has 0 aromatic heterocycles. The maximum atomic E-state index is 12.7. The van der Waals surface area contributed by atoms with E-state index in [2.05, 4.69) is 4.72 Å². The molecule has 0 aliphatic heterocycles. The van der Waals surface area contributed by atoms with Gasteiger partial charge in [0, 0.05) is 35.8 Å². The minimum Gasteiger partial charge on any atom is -0.496 e. The first kappa shape index (κ1) is 19.7. The number of ether oxygens (including phenoxy) is 1. The minimum atomic E-state index is -3.53. The van der Waals surface area contributed by atoms with Gasteiger partial charge in [0.15, 0.2) is 0 Å². The van der Waals surface area contributed by atoms with Crippen molar-refractivity contribution in [3.63, 3.8) is 0 Å². The van der Waals surface area contributed by atoms with Gasteiger partial charge in [-0.1, -0.05) is 11.6 Å². The molecular weight excluding hydrogens is 388 g/mol. The third kappa shape index (κ3) is 4.80. The zero-order chi connectivity index (χ0) is 19.6. The molecule has 144 valence electrons.